The van der Waals surface area contributed by atoms with E-state index < -0.39 is 0 Å². The summed E-state index contributed by atoms with van der Waals surface area (Å²) in [6.07, 6.45) is 0.809. The molecule has 0 bridgehead atoms. The zero-order valence-corrected chi connectivity index (χ0v) is 15.2. The van der Waals surface area contributed by atoms with E-state index in [1.807, 2.05) is 30.3 Å². The molecule has 4 nitrogen and oxygen atoms in total. The number of hydrogen-bond acceptors (Lipinski definition) is 4. The molecule has 1 aliphatic heterocycles. The van der Waals surface area contributed by atoms with Crippen molar-refractivity contribution in [3.05, 3.63) is 61.5 Å². The fourth-order valence-corrected chi connectivity index (χ4v) is 4.73. The number of aromatic nitrogens is 2. The molecule has 0 spiro atoms. The normalized spacial score (nSPS) is 16.2. The van der Waals surface area contributed by atoms with Crippen LogP contribution in [0, 0.1) is 4.64 Å². The van der Waals surface area contributed by atoms with Crippen molar-refractivity contribution in [2.24, 2.45) is 0 Å². The van der Waals surface area contributed by atoms with Gasteiger partial charge in [-0.25, -0.2) is 4.79 Å². The van der Waals surface area contributed by atoms with Gasteiger partial charge >= 0.3 is 5.69 Å². The van der Waals surface area contributed by atoms with Crippen LogP contribution < -0.4 is 5.69 Å². The molecule has 3 aromatic rings. The van der Waals surface area contributed by atoms with Gasteiger partial charge in [0.25, 0.3) is 0 Å². The van der Waals surface area contributed by atoms with E-state index >= 15 is 0 Å². The topological polar surface area (TPSA) is 47.0 Å². The predicted octanol–water partition coefficient (Wildman–Crippen LogP) is 4.02. The fraction of sp³-hybridized carbons (Fsp3) is 0.333. The number of hydrogen-bond donors (Lipinski definition) is 1. The average Bonchev–Trinajstić information content (AvgIpc) is 2.88. The molecule has 1 aromatic carbocycles. The third-order valence-electron chi connectivity index (χ3n) is 4.40. The Morgan fingerprint density at radius 1 is 1.33 bits per heavy atom. The van der Waals surface area contributed by atoms with E-state index in [0.717, 1.165) is 22.2 Å². The quantitative estimate of drug-likeness (QED) is 0.704. The van der Waals surface area contributed by atoms with Crippen LogP contribution in [-0.2, 0) is 24.3 Å². The maximum absolute atomic E-state index is 12.5. The van der Waals surface area contributed by atoms with Gasteiger partial charge in [0, 0.05) is 16.7 Å². The molecule has 0 saturated heterocycles. The molecule has 0 saturated carbocycles. The Bertz CT molecular complexity index is 1030. The van der Waals surface area contributed by atoms with Gasteiger partial charge in [0.15, 0.2) is 0 Å². The standard InChI is InChI=1S/C18H18N2O2S2/c1-18(2)8-12-13(10-22-18)24-15-14(12)16(23)20(17(21)19-15)9-11-6-4-3-5-7-11/h3-7H,8-10H2,1-2H3,(H,19,21). The minimum atomic E-state index is -0.205. The monoisotopic (exact) mass is 358 g/mol. The first-order valence-electron chi connectivity index (χ1n) is 7.90. The Kier molecular flexibility index (Phi) is 3.71. The lowest BCUT2D eigenvalue weighted by Crippen LogP contribution is -2.31. The first-order valence-corrected chi connectivity index (χ1v) is 9.12. The Labute approximate surface area is 148 Å². The van der Waals surface area contributed by atoms with E-state index in [0.29, 0.717) is 17.8 Å². The van der Waals surface area contributed by atoms with Gasteiger partial charge in [0.2, 0.25) is 0 Å². The van der Waals surface area contributed by atoms with Gasteiger partial charge in [-0.1, -0.05) is 42.5 Å². The van der Waals surface area contributed by atoms with Gasteiger partial charge < -0.3 is 4.74 Å². The highest BCUT2D eigenvalue weighted by Crippen LogP contribution is 2.38. The molecule has 0 fully saturated rings. The van der Waals surface area contributed by atoms with Gasteiger partial charge in [0.1, 0.15) is 9.47 Å². The number of rotatable bonds is 2. The summed E-state index contributed by atoms with van der Waals surface area (Å²) < 4.78 is 8.17. The maximum Gasteiger partial charge on any atom is 0.327 e. The summed E-state index contributed by atoms with van der Waals surface area (Å²) in [5.41, 5.74) is 1.93. The summed E-state index contributed by atoms with van der Waals surface area (Å²) in [4.78, 5) is 17.6. The highest BCUT2D eigenvalue weighted by molar-refractivity contribution is 7.71. The minimum absolute atomic E-state index is 0.157. The maximum atomic E-state index is 12.5. The number of fused-ring (bicyclic) bond motifs is 3. The van der Waals surface area contributed by atoms with Crippen LogP contribution in [0.2, 0.25) is 0 Å². The molecule has 1 aliphatic rings. The van der Waals surface area contributed by atoms with Crippen molar-refractivity contribution in [3.8, 4) is 0 Å². The van der Waals surface area contributed by atoms with Crippen LogP contribution in [-0.4, -0.2) is 15.2 Å². The Morgan fingerprint density at radius 2 is 2.08 bits per heavy atom. The molecule has 0 radical (unpaired) electrons. The van der Waals surface area contributed by atoms with E-state index in [1.54, 1.807) is 15.9 Å². The molecular weight excluding hydrogens is 340 g/mol. The first-order chi connectivity index (χ1) is 11.4. The molecule has 4 rings (SSSR count). The third kappa shape index (κ3) is 2.64. The summed E-state index contributed by atoms with van der Waals surface area (Å²) >= 11 is 7.29. The lowest BCUT2D eigenvalue weighted by Gasteiger charge is -2.30. The van der Waals surface area contributed by atoms with Gasteiger partial charge in [-0.3, -0.25) is 9.55 Å². The van der Waals surface area contributed by atoms with Crippen LogP contribution in [0.4, 0.5) is 0 Å². The second-order valence-corrected chi connectivity index (χ2v) is 8.23. The van der Waals surface area contributed by atoms with Crippen molar-refractivity contribution < 1.29 is 4.74 Å². The van der Waals surface area contributed by atoms with Crippen LogP contribution in [0.5, 0.6) is 0 Å². The SMILES string of the molecule is CC1(C)Cc2c(sc3[nH]c(=O)n(Cc4ccccc4)c(=S)c23)CO1. The Morgan fingerprint density at radius 3 is 2.83 bits per heavy atom. The summed E-state index contributed by atoms with van der Waals surface area (Å²) in [7, 11) is 0. The average molecular weight is 358 g/mol. The molecule has 0 aliphatic carbocycles. The van der Waals surface area contributed by atoms with Crippen LogP contribution in [0.15, 0.2) is 35.1 Å². The zero-order valence-electron chi connectivity index (χ0n) is 13.6. The van der Waals surface area contributed by atoms with Crippen molar-refractivity contribution in [3.63, 3.8) is 0 Å². The van der Waals surface area contributed by atoms with E-state index in [1.165, 1.54) is 10.4 Å². The summed E-state index contributed by atoms with van der Waals surface area (Å²) in [5.74, 6) is 0. The molecular formula is C18H18N2O2S2. The van der Waals surface area contributed by atoms with Crippen molar-refractivity contribution in [1.29, 1.82) is 0 Å². The van der Waals surface area contributed by atoms with Crippen molar-refractivity contribution in [2.75, 3.05) is 0 Å². The highest BCUT2D eigenvalue weighted by atomic mass is 32.1. The highest BCUT2D eigenvalue weighted by Gasteiger charge is 2.30. The number of H-pyrrole nitrogens is 1. The molecule has 0 unspecified atom stereocenters. The lowest BCUT2D eigenvalue weighted by atomic mass is 9.94. The Balaban J connectivity index is 1.91. The third-order valence-corrected chi connectivity index (χ3v) is 5.94. The fourth-order valence-electron chi connectivity index (χ4n) is 3.17. The minimum Gasteiger partial charge on any atom is -0.370 e. The molecule has 3 heterocycles. The van der Waals surface area contributed by atoms with Crippen LogP contribution in [0.25, 0.3) is 10.2 Å². The first kappa shape index (κ1) is 15.7. The van der Waals surface area contributed by atoms with Gasteiger partial charge in [0.05, 0.1) is 18.8 Å². The number of nitrogens with zero attached hydrogens (tertiary/aromatic N) is 1. The van der Waals surface area contributed by atoms with Gasteiger partial charge in [-0.15, -0.1) is 11.3 Å². The van der Waals surface area contributed by atoms with Gasteiger partial charge in [-0.05, 0) is 25.0 Å². The summed E-state index contributed by atoms with van der Waals surface area (Å²) in [6.45, 7) is 5.24. The smallest absolute Gasteiger partial charge is 0.327 e. The lowest BCUT2D eigenvalue weighted by molar-refractivity contribution is -0.0379. The van der Waals surface area contributed by atoms with Gasteiger partial charge in [-0.2, -0.15) is 0 Å². The van der Waals surface area contributed by atoms with Crippen LogP contribution in [0.3, 0.4) is 0 Å². The summed E-state index contributed by atoms with van der Waals surface area (Å²) in [6, 6.07) is 9.92. The molecule has 24 heavy (non-hydrogen) atoms. The molecule has 2 aromatic heterocycles. The second-order valence-electron chi connectivity index (χ2n) is 6.74. The number of ether oxygens (including phenoxy) is 1. The largest absolute Gasteiger partial charge is 0.370 e. The van der Waals surface area contributed by atoms with Crippen molar-refractivity contribution in [2.45, 2.75) is 39.0 Å². The van der Waals surface area contributed by atoms with Crippen molar-refractivity contribution in [1.82, 2.24) is 9.55 Å². The number of nitrogens with one attached hydrogen (secondary N) is 1. The molecule has 0 atom stereocenters. The van der Waals surface area contributed by atoms with Crippen molar-refractivity contribution >= 4 is 33.8 Å². The predicted molar refractivity (Wildman–Crippen MR) is 99.4 cm³/mol. The van der Waals surface area contributed by atoms with E-state index in [9.17, 15) is 4.79 Å². The zero-order chi connectivity index (χ0) is 16.9. The molecule has 1 N–H and O–H groups in total. The second kappa shape index (κ2) is 5.65. The summed E-state index contributed by atoms with van der Waals surface area (Å²) in [5, 5.41) is 1.01. The van der Waals surface area contributed by atoms with E-state index in [2.05, 4.69) is 18.8 Å². The molecule has 6 heteroatoms. The Hall–Kier alpha value is -1.76. The van der Waals surface area contributed by atoms with Crippen LogP contribution >= 0.6 is 23.6 Å². The molecule has 124 valence electrons. The van der Waals surface area contributed by atoms with Crippen LogP contribution in [0.1, 0.15) is 29.9 Å². The number of benzene rings is 1. The number of thiophene rings is 1. The molecule has 0 amide bonds. The van der Waals surface area contributed by atoms with E-state index in [-0.39, 0.29) is 11.3 Å². The van der Waals surface area contributed by atoms with E-state index in [4.69, 9.17) is 17.0 Å². The number of aromatic amines is 1.